The number of rotatable bonds is 2. The summed E-state index contributed by atoms with van der Waals surface area (Å²) < 4.78 is 0. The first kappa shape index (κ1) is 18.3. The fourth-order valence-corrected chi connectivity index (χ4v) is 3.63. The number of phenols is 1. The number of benzene rings is 1. The number of nitrogens with one attached hydrogen (secondary N) is 1. The molecule has 1 heterocycles. The van der Waals surface area contributed by atoms with Gasteiger partial charge in [0, 0.05) is 16.7 Å². The summed E-state index contributed by atoms with van der Waals surface area (Å²) in [6, 6.07) is 4.50. The summed E-state index contributed by atoms with van der Waals surface area (Å²) >= 11 is 0. The minimum atomic E-state index is -0.0335. The van der Waals surface area contributed by atoms with E-state index in [4.69, 9.17) is 0 Å². The molecule has 130 valence electrons. The molecular formula is C21H36NO+. The van der Waals surface area contributed by atoms with Crippen molar-refractivity contribution in [3.63, 3.8) is 0 Å². The highest BCUT2D eigenvalue weighted by Crippen LogP contribution is 2.39. The van der Waals surface area contributed by atoms with E-state index in [-0.39, 0.29) is 10.8 Å². The molecule has 0 aromatic heterocycles. The van der Waals surface area contributed by atoms with E-state index in [1.54, 1.807) is 4.90 Å². The normalized spacial score (nSPS) is 18.0. The Morgan fingerprint density at radius 3 is 1.65 bits per heavy atom. The van der Waals surface area contributed by atoms with E-state index in [0.29, 0.717) is 5.75 Å². The summed E-state index contributed by atoms with van der Waals surface area (Å²) in [7, 11) is 0. The van der Waals surface area contributed by atoms with Crippen LogP contribution < -0.4 is 4.90 Å². The zero-order valence-electron chi connectivity index (χ0n) is 16.1. The maximum absolute atomic E-state index is 10.8. The number of likely N-dealkylation sites (tertiary alicyclic amines) is 1. The van der Waals surface area contributed by atoms with Crippen molar-refractivity contribution in [2.45, 2.75) is 84.6 Å². The molecule has 2 rings (SSSR count). The topological polar surface area (TPSA) is 24.7 Å². The van der Waals surface area contributed by atoms with E-state index in [0.717, 1.165) is 17.7 Å². The maximum atomic E-state index is 10.8. The van der Waals surface area contributed by atoms with Gasteiger partial charge in [0.1, 0.15) is 12.3 Å². The number of hydrogen-bond donors (Lipinski definition) is 2. The van der Waals surface area contributed by atoms with Crippen LogP contribution in [0.1, 0.15) is 83.9 Å². The molecule has 0 saturated carbocycles. The molecule has 1 aliphatic heterocycles. The minimum absolute atomic E-state index is 0.0335. The van der Waals surface area contributed by atoms with Crippen molar-refractivity contribution in [1.82, 2.24) is 0 Å². The van der Waals surface area contributed by atoms with Gasteiger partial charge < -0.3 is 10.0 Å². The average molecular weight is 319 g/mol. The summed E-state index contributed by atoms with van der Waals surface area (Å²) in [6.07, 6.45) is 5.48. The number of hydrogen-bond acceptors (Lipinski definition) is 1. The molecule has 1 aromatic rings. The van der Waals surface area contributed by atoms with E-state index in [2.05, 4.69) is 53.7 Å². The number of quaternary nitrogens is 1. The molecule has 2 nitrogen and oxygen atoms in total. The molecular weight excluding hydrogens is 282 g/mol. The molecule has 0 radical (unpaired) electrons. The summed E-state index contributed by atoms with van der Waals surface area (Å²) in [5, 5.41) is 10.8. The predicted octanol–water partition coefficient (Wildman–Crippen LogP) is 3.95. The van der Waals surface area contributed by atoms with Gasteiger partial charge in [-0.2, -0.15) is 0 Å². The van der Waals surface area contributed by atoms with Crippen molar-refractivity contribution in [2.75, 3.05) is 13.1 Å². The SMILES string of the molecule is CC(C)(C)c1cc(C[NH+]2CCCCCC2)cc(C(C)(C)C)c1O. The Kier molecular flexibility index (Phi) is 5.45. The molecule has 0 atom stereocenters. The molecule has 2 N–H and O–H groups in total. The van der Waals surface area contributed by atoms with Crippen molar-refractivity contribution in [2.24, 2.45) is 0 Å². The van der Waals surface area contributed by atoms with Crippen LogP contribution in [0.15, 0.2) is 12.1 Å². The second-order valence-electron chi connectivity index (χ2n) is 9.38. The Balaban J connectivity index is 2.39. The third-order valence-electron chi connectivity index (χ3n) is 5.05. The van der Waals surface area contributed by atoms with Crippen molar-refractivity contribution in [3.8, 4) is 5.75 Å². The van der Waals surface area contributed by atoms with Gasteiger partial charge in [-0.05, 0) is 48.6 Å². The summed E-state index contributed by atoms with van der Waals surface area (Å²) in [6.45, 7) is 16.8. The summed E-state index contributed by atoms with van der Waals surface area (Å²) in [4.78, 5) is 1.70. The maximum Gasteiger partial charge on any atom is 0.123 e. The van der Waals surface area contributed by atoms with Crippen molar-refractivity contribution >= 4 is 0 Å². The molecule has 1 fully saturated rings. The molecule has 2 heteroatoms. The molecule has 1 aliphatic rings. The molecule has 0 aliphatic carbocycles. The summed E-state index contributed by atoms with van der Waals surface area (Å²) in [5.41, 5.74) is 3.50. The number of aromatic hydroxyl groups is 1. The van der Waals surface area contributed by atoms with E-state index >= 15 is 0 Å². The highest BCUT2D eigenvalue weighted by molar-refractivity contribution is 5.49. The molecule has 23 heavy (non-hydrogen) atoms. The molecule has 0 spiro atoms. The molecule has 0 amide bonds. The van der Waals surface area contributed by atoms with E-state index in [1.807, 2.05) is 0 Å². The van der Waals surface area contributed by atoms with Gasteiger partial charge in [0.15, 0.2) is 0 Å². The fourth-order valence-electron chi connectivity index (χ4n) is 3.63. The summed E-state index contributed by atoms with van der Waals surface area (Å²) in [5.74, 6) is 0.500. The van der Waals surface area contributed by atoms with Crippen LogP contribution >= 0.6 is 0 Å². The molecule has 1 aromatic carbocycles. The second-order valence-corrected chi connectivity index (χ2v) is 9.38. The first-order chi connectivity index (χ1) is 10.6. The minimum Gasteiger partial charge on any atom is -0.507 e. The lowest BCUT2D eigenvalue weighted by Gasteiger charge is -2.29. The van der Waals surface area contributed by atoms with Crippen LogP contribution in [0.4, 0.5) is 0 Å². The molecule has 0 bridgehead atoms. The van der Waals surface area contributed by atoms with Gasteiger partial charge in [0.25, 0.3) is 0 Å². The Hall–Kier alpha value is -1.02. The third-order valence-corrected chi connectivity index (χ3v) is 5.05. The quantitative estimate of drug-likeness (QED) is 0.848. The first-order valence-electron chi connectivity index (χ1n) is 9.29. The van der Waals surface area contributed by atoms with E-state index in [1.165, 1.54) is 44.3 Å². The van der Waals surface area contributed by atoms with Gasteiger partial charge in [-0.15, -0.1) is 0 Å². The van der Waals surface area contributed by atoms with Crippen LogP contribution in [-0.2, 0) is 17.4 Å². The van der Waals surface area contributed by atoms with Crippen LogP contribution in [0.3, 0.4) is 0 Å². The van der Waals surface area contributed by atoms with Gasteiger partial charge in [-0.25, -0.2) is 0 Å². The highest BCUT2D eigenvalue weighted by Gasteiger charge is 2.27. The standard InChI is InChI=1S/C21H35NO/c1-20(2,3)17-13-16(14-18(19(17)23)21(4,5)6)15-22-11-9-7-8-10-12-22/h13-14,23H,7-12,15H2,1-6H3/p+1. The Labute approximate surface area is 142 Å². The smallest absolute Gasteiger partial charge is 0.123 e. The van der Waals surface area contributed by atoms with Crippen LogP contribution in [-0.4, -0.2) is 18.2 Å². The zero-order chi connectivity index (χ0) is 17.3. The average Bonchev–Trinajstić information content (AvgIpc) is 2.66. The van der Waals surface area contributed by atoms with Crippen LogP contribution in [0.25, 0.3) is 0 Å². The van der Waals surface area contributed by atoms with Gasteiger partial charge in [-0.1, -0.05) is 41.5 Å². The Bertz CT molecular complexity index is 491. The largest absolute Gasteiger partial charge is 0.507 e. The predicted molar refractivity (Wildman–Crippen MR) is 98.4 cm³/mol. The monoisotopic (exact) mass is 318 g/mol. The zero-order valence-corrected chi connectivity index (χ0v) is 16.1. The lowest BCUT2D eigenvalue weighted by Crippen LogP contribution is -3.10. The molecule has 0 unspecified atom stereocenters. The van der Waals surface area contributed by atoms with Crippen molar-refractivity contribution in [1.29, 1.82) is 0 Å². The van der Waals surface area contributed by atoms with Crippen molar-refractivity contribution < 1.29 is 10.0 Å². The van der Waals surface area contributed by atoms with Gasteiger partial charge in [0.05, 0.1) is 13.1 Å². The Morgan fingerprint density at radius 2 is 1.26 bits per heavy atom. The molecule has 1 saturated heterocycles. The first-order valence-corrected chi connectivity index (χ1v) is 9.29. The van der Waals surface area contributed by atoms with Crippen LogP contribution in [0.2, 0.25) is 0 Å². The highest BCUT2D eigenvalue weighted by atomic mass is 16.3. The van der Waals surface area contributed by atoms with Gasteiger partial charge in [0.2, 0.25) is 0 Å². The van der Waals surface area contributed by atoms with Crippen molar-refractivity contribution in [3.05, 3.63) is 28.8 Å². The Morgan fingerprint density at radius 1 is 0.826 bits per heavy atom. The third kappa shape index (κ3) is 4.73. The number of phenolic OH excluding ortho intramolecular Hbond substituents is 1. The van der Waals surface area contributed by atoms with Crippen LogP contribution in [0, 0.1) is 0 Å². The second kappa shape index (κ2) is 6.84. The lowest BCUT2D eigenvalue weighted by molar-refractivity contribution is -0.913. The lowest BCUT2D eigenvalue weighted by atomic mass is 9.78. The van der Waals surface area contributed by atoms with E-state index in [9.17, 15) is 5.11 Å². The van der Waals surface area contributed by atoms with E-state index < -0.39 is 0 Å². The van der Waals surface area contributed by atoms with Gasteiger partial charge in [-0.3, -0.25) is 0 Å². The van der Waals surface area contributed by atoms with Crippen LogP contribution in [0.5, 0.6) is 5.75 Å². The van der Waals surface area contributed by atoms with Gasteiger partial charge >= 0.3 is 0 Å². The fraction of sp³-hybridized carbons (Fsp3) is 0.714.